The fraction of sp³-hybridized carbons (Fsp3) is 0.917. The molecule has 3 heteroatoms. The highest BCUT2D eigenvalue weighted by Gasteiger charge is 2.23. The molecule has 1 fully saturated rings. The first-order chi connectivity index (χ1) is 7.27. The largest absolute Gasteiger partial charge is 0.359 e. The maximum atomic E-state index is 11.3. The highest BCUT2D eigenvalue weighted by molar-refractivity contribution is 5.78. The van der Waals surface area contributed by atoms with Crippen LogP contribution < -0.4 is 5.32 Å². The lowest BCUT2D eigenvalue weighted by Gasteiger charge is -2.30. The minimum Gasteiger partial charge on any atom is -0.359 e. The summed E-state index contributed by atoms with van der Waals surface area (Å²) in [5.74, 6) is 0.481. The average molecular weight is 214 g/mol. The number of rotatable bonds is 3. The van der Waals surface area contributed by atoms with Gasteiger partial charge in [-0.1, -0.05) is 20.8 Å². The summed E-state index contributed by atoms with van der Waals surface area (Å²) < 4.78 is 0. The molecular formula is C12H26N2O. The molecule has 3 nitrogen and oxygen atoms in total. The van der Waals surface area contributed by atoms with Gasteiger partial charge in [-0.05, 0) is 38.9 Å². The summed E-state index contributed by atoms with van der Waals surface area (Å²) in [6.45, 7) is 9.56. The Morgan fingerprint density at radius 3 is 2.27 bits per heavy atom. The average Bonchev–Trinajstić information content (AvgIpc) is 2.32. The fourth-order valence-corrected chi connectivity index (χ4v) is 1.94. The van der Waals surface area contributed by atoms with Crippen molar-refractivity contribution in [1.82, 2.24) is 10.2 Å². The monoisotopic (exact) mass is 214 g/mol. The van der Waals surface area contributed by atoms with Crippen molar-refractivity contribution in [3.8, 4) is 0 Å². The summed E-state index contributed by atoms with van der Waals surface area (Å²) >= 11 is 0. The molecule has 1 amide bonds. The zero-order chi connectivity index (χ0) is 11.7. The molecule has 0 aromatic rings. The van der Waals surface area contributed by atoms with E-state index in [-0.39, 0.29) is 11.8 Å². The highest BCUT2D eigenvalue weighted by Crippen LogP contribution is 2.16. The van der Waals surface area contributed by atoms with E-state index in [0.717, 1.165) is 25.9 Å². The van der Waals surface area contributed by atoms with Crippen LogP contribution >= 0.6 is 0 Å². The van der Waals surface area contributed by atoms with Gasteiger partial charge < -0.3 is 10.2 Å². The number of amides is 1. The quantitative estimate of drug-likeness (QED) is 0.778. The number of likely N-dealkylation sites (tertiary alicyclic amines) is 1. The summed E-state index contributed by atoms with van der Waals surface area (Å²) in [5, 5.41) is 2.72. The summed E-state index contributed by atoms with van der Waals surface area (Å²) in [4.78, 5) is 13.7. The van der Waals surface area contributed by atoms with Gasteiger partial charge in [0.2, 0.25) is 5.91 Å². The molecule has 1 saturated heterocycles. The van der Waals surface area contributed by atoms with Crippen LogP contribution in [0.15, 0.2) is 0 Å². The summed E-state index contributed by atoms with van der Waals surface area (Å²) in [5.41, 5.74) is 0. The van der Waals surface area contributed by atoms with Gasteiger partial charge in [0.1, 0.15) is 0 Å². The number of carbonyl (C=O) groups excluding carboxylic acids is 1. The van der Waals surface area contributed by atoms with Crippen LogP contribution in [0.1, 0.15) is 40.0 Å². The second-order valence-electron chi connectivity index (χ2n) is 3.73. The molecule has 0 spiro atoms. The van der Waals surface area contributed by atoms with Crippen LogP contribution in [0.3, 0.4) is 0 Å². The Bertz CT molecular complexity index is 163. The lowest BCUT2D eigenvalue weighted by molar-refractivity contribution is -0.125. The van der Waals surface area contributed by atoms with Gasteiger partial charge in [-0.3, -0.25) is 4.79 Å². The SMILES string of the molecule is CC.CCCN1CCC(C(=O)NC)CC1. The fourth-order valence-electron chi connectivity index (χ4n) is 1.94. The predicted molar refractivity (Wildman–Crippen MR) is 64.9 cm³/mol. The van der Waals surface area contributed by atoms with Gasteiger partial charge in [-0.25, -0.2) is 0 Å². The third-order valence-corrected chi connectivity index (χ3v) is 2.74. The highest BCUT2D eigenvalue weighted by atomic mass is 16.1. The van der Waals surface area contributed by atoms with Gasteiger partial charge >= 0.3 is 0 Å². The second kappa shape index (κ2) is 8.72. The topological polar surface area (TPSA) is 32.3 Å². The van der Waals surface area contributed by atoms with Crippen molar-refractivity contribution in [3.05, 3.63) is 0 Å². The first kappa shape index (κ1) is 14.4. The van der Waals surface area contributed by atoms with E-state index in [4.69, 9.17) is 0 Å². The van der Waals surface area contributed by atoms with Gasteiger partial charge in [0, 0.05) is 13.0 Å². The minimum absolute atomic E-state index is 0.219. The predicted octanol–water partition coefficient (Wildman–Crippen LogP) is 1.88. The van der Waals surface area contributed by atoms with Crippen LogP contribution in [0.4, 0.5) is 0 Å². The number of piperidine rings is 1. The zero-order valence-corrected chi connectivity index (χ0v) is 10.7. The maximum absolute atomic E-state index is 11.3. The van der Waals surface area contributed by atoms with Crippen LogP contribution in [0.5, 0.6) is 0 Å². The lowest BCUT2D eigenvalue weighted by Crippen LogP contribution is -2.39. The molecule has 0 aliphatic carbocycles. The molecule has 1 aliphatic heterocycles. The molecule has 1 aliphatic rings. The van der Waals surface area contributed by atoms with Crippen molar-refractivity contribution in [3.63, 3.8) is 0 Å². The molecule has 0 unspecified atom stereocenters. The Hall–Kier alpha value is -0.570. The molecular weight excluding hydrogens is 188 g/mol. The Morgan fingerprint density at radius 1 is 1.33 bits per heavy atom. The van der Waals surface area contributed by atoms with Crippen LogP contribution in [0, 0.1) is 5.92 Å². The smallest absolute Gasteiger partial charge is 0.222 e. The molecule has 0 saturated carbocycles. The summed E-state index contributed by atoms with van der Waals surface area (Å²) in [6, 6.07) is 0. The van der Waals surface area contributed by atoms with Crippen LogP contribution in [0.2, 0.25) is 0 Å². The van der Waals surface area contributed by atoms with Crippen LogP contribution in [0.25, 0.3) is 0 Å². The van der Waals surface area contributed by atoms with Crippen LogP contribution in [-0.4, -0.2) is 37.5 Å². The molecule has 0 aromatic heterocycles. The molecule has 1 rings (SSSR count). The Morgan fingerprint density at radius 2 is 1.87 bits per heavy atom. The molecule has 15 heavy (non-hydrogen) atoms. The summed E-state index contributed by atoms with van der Waals surface area (Å²) in [6.07, 6.45) is 3.27. The van der Waals surface area contributed by atoms with E-state index < -0.39 is 0 Å². The molecule has 90 valence electrons. The number of hydrogen-bond acceptors (Lipinski definition) is 2. The van der Waals surface area contributed by atoms with Gasteiger partial charge in [-0.15, -0.1) is 0 Å². The third-order valence-electron chi connectivity index (χ3n) is 2.74. The first-order valence-corrected chi connectivity index (χ1v) is 6.22. The van der Waals surface area contributed by atoms with E-state index in [1.54, 1.807) is 7.05 Å². The van der Waals surface area contributed by atoms with E-state index in [0.29, 0.717) is 0 Å². The normalized spacial score (nSPS) is 17.9. The van der Waals surface area contributed by atoms with E-state index in [9.17, 15) is 4.79 Å². The minimum atomic E-state index is 0.219. The molecule has 1 heterocycles. The standard InChI is InChI=1S/C10H20N2O.C2H6/c1-3-6-12-7-4-9(5-8-12)10(13)11-2;1-2/h9H,3-8H2,1-2H3,(H,11,13);1-2H3. The van der Waals surface area contributed by atoms with Gasteiger partial charge in [0.15, 0.2) is 0 Å². The number of nitrogens with zero attached hydrogens (tertiary/aromatic N) is 1. The Balaban J connectivity index is 0.000000921. The van der Waals surface area contributed by atoms with Gasteiger partial charge in [-0.2, -0.15) is 0 Å². The molecule has 1 N–H and O–H groups in total. The Kier molecular flexibility index (Phi) is 8.38. The third kappa shape index (κ3) is 5.17. The van der Waals surface area contributed by atoms with Crippen molar-refractivity contribution in [2.75, 3.05) is 26.7 Å². The van der Waals surface area contributed by atoms with E-state index in [1.165, 1.54) is 13.0 Å². The molecule has 0 aromatic carbocycles. The van der Waals surface area contributed by atoms with Gasteiger partial charge in [0.25, 0.3) is 0 Å². The summed E-state index contributed by atoms with van der Waals surface area (Å²) in [7, 11) is 1.72. The molecule has 0 bridgehead atoms. The Labute approximate surface area is 94.2 Å². The second-order valence-corrected chi connectivity index (χ2v) is 3.73. The van der Waals surface area contributed by atoms with Crippen molar-refractivity contribution >= 4 is 5.91 Å². The van der Waals surface area contributed by atoms with E-state index in [1.807, 2.05) is 13.8 Å². The first-order valence-electron chi connectivity index (χ1n) is 6.22. The number of nitrogens with one attached hydrogen (secondary N) is 1. The van der Waals surface area contributed by atoms with Crippen molar-refractivity contribution in [2.24, 2.45) is 5.92 Å². The number of hydrogen-bond donors (Lipinski definition) is 1. The van der Waals surface area contributed by atoms with Crippen molar-refractivity contribution in [2.45, 2.75) is 40.0 Å². The van der Waals surface area contributed by atoms with E-state index >= 15 is 0 Å². The molecule has 0 atom stereocenters. The van der Waals surface area contributed by atoms with Crippen LogP contribution in [-0.2, 0) is 4.79 Å². The molecule has 0 radical (unpaired) electrons. The van der Waals surface area contributed by atoms with Crippen molar-refractivity contribution in [1.29, 1.82) is 0 Å². The zero-order valence-electron chi connectivity index (χ0n) is 10.7. The lowest BCUT2D eigenvalue weighted by atomic mass is 9.96. The van der Waals surface area contributed by atoms with E-state index in [2.05, 4.69) is 17.1 Å². The maximum Gasteiger partial charge on any atom is 0.222 e. The van der Waals surface area contributed by atoms with Crippen molar-refractivity contribution < 1.29 is 4.79 Å². The van der Waals surface area contributed by atoms with Gasteiger partial charge in [0.05, 0.1) is 0 Å². The number of carbonyl (C=O) groups is 1.